The van der Waals surface area contributed by atoms with Crippen LogP contribution in [0.2, 0.25) is 0 Å². The van der Waals surface area contributed by atoms with E-state index >= 15 is 0 Å². The number of carbonyl (C=O) groups excluding carboxylic acids is 3. The summed E-state index contributed by atoms with van der Waals surface area (Å²) in [7, 11) is 0. The fourth-order valence-electron chi connectivity index (χ4n) is 2.66. The maximum absolute atomic E-state index is 12.3. The summed E-state index contributed by atoms with van der Waals surface area (Å²) >= 11 is 0. The van der Waals surface area contributed by atoms with Gasteiger partial charge in [-0.3, -0.25) is 14.4 Å². The highest BCUT2D eigenvalue weighted by Crippen LogP contribution is 2.13. The minimum Gasteiger partial charge on any atom is -0.378 e. The Morgan fingerprint density at radius 1 is 0.556 bits per heavy atom. The third kappa shape index (κ3) is 4.98. The van der Waals surface area contributed by atoms with E-state index in [2.05, 4.69) is 5.32 Å². The number of anilines is 1. The first-order valence-corrected chi connectivity index (χ1v) is 8.67. The first-order valence-electron chi connectivity index (χ1n) is 8.67. The van der Waals surface area contributed by atoms with Crippen LogP contribution in [0.5, 0.6) is 0 Å². The van der Waals surface area contributed by atoms with E-state index in [1.54, 1.807) is 60.7 Å². The SMILES string of the molecule is O=C(CNc1ccc(C(=O)CC(=O)c2ccccc2)cc1)c1ccccc1. The number of rotatable bonds is 8. The van der Waals surface area contributed by atoms with E-state index in [-0.39, 0.29) is 30.3 Å². The molecule has 0 aliphatic carbocycles. The van der Waals surface area contributed by atoms with Crippen molar-refractivity contribution in [2.45, 2.75) is 6.42 Å². The molecule has 134 valence electrons. The van der Waals surface area contributed by atoms with Gasteiger partial charge in [0, 0.05) is 22.4 Å². The molecule has 0 spiro atoms. The molecule has 0 fully saturated rings. The van der Waals surface area contributed by atoms with Gasteiger partial charge in [0.15, 0.2) is 17.3 Å². The first kappa shape index (κ1) is 18.3. The Morgan fingerprint density at radius 2 is 1.00 bits per heavy atom. The van der Waals surface area contributed by atoms with Crippen LogP contribution in [0.15, 0.2) is 84.9 Å². The Balaban J connectivity index is 1.56. The minimum absolute atomic E-state index is 0.00999. The van der Waals surface area contributed by atoms with E-state index in [0.29, 0.717) is 16.7 Å². The molecule has 0 atom stereocenters. The molecule has 0 aliphatic heterocycles. The van der Waals surface area contributed by atoms with Crippen LogP contribution >= 0.6 is 0 Å². The average molecular weight is 357 g/mol. The van der Waals surface area contributed by atoms with E-state index in [1.807, 2.05) is 24.3 Å². The molecule has 0 aromatic heterocycles. The lowest BCUT2D eigenvalue weighted by molar-refractivity contribution is 0.0893. The summed E-state index contributed by atoms with van der Waals surface area (Å²) in [5.74, 6) is -0.434. The summed E-state index contributed by atoms with van der Waals surface area (Å²) in [6.07, 6.45) is -0.163. The standard InChI is InChI=1S/C23H19NO3/c25-21(17-7-3-1-4-8-17)15-22(26)19-11-13-20(14-12-19)24-16-23(27)18-9-5-2-6-10-18/h1-14,24H,15-16H2. The van der Waals surface area contributed by atoms with Crippen molar-refractivity contribution >= 4 is 23.0 Å². The molecule has 0 saturated carbocycles. The van der Waals surface area contributed by atoms with Crippen molar-refractivity contribution in [3.05, 3.63) is 102 Å². The summed E-state index contributed by atoms with van der Waals surface area (Å²) in [5.41, 5.74) is 2.39. The van der Waals surface area contributed by atoms with Crippen molar-refractivity contribution < 1.29 is 14.4 Å². The lowest BCUT2D eigenvalue weighted by Crippen LogP contribution is -2.14. The molecule has 4 heteroatoms. The van der Waals surface area contributed by atoms with Gasteiger partial charge in [0.25, 0.3) is 0 Å². The summed E-state index contributed by atoms with van der Waals surface area (Å²) in [4.78, 5) is 36.5. The molecule has 27 heavy (non-hydrogen) atoms. The predicted molar refractivity (Wildman–Crippen MR) is 105 cm³/mol. The van der Waals surface area contributed by atoms with E-state index in [1.165, 1.54) is 0 Å². The molecule has 3 aromatic rings. The molecule has 1 N–H and O–H groups in total. The van der Waals surface area contributed by atoms with Crippen LogP contribution in [0.25, 0.3) is 0 Å². The van der Waals surface area contributed by atoms with Gasteiger partial charge in [-0.05, 0) is 24.3 Å². The molecule has 3 rings (SSSR count). The van der Waals surface area contributed by atoms with Gasteiger partial charge in [0.1, 0.15) is 0 Å². The third-order valence-electron chi connectivity index (χ3n) is 4.17. The predicted octanol–water partition coefficient (Wildman–Crippen LogP) is 4.44. The number of benzene rings is 3. The van der Waals surface area contributed by atoms with Gasteiger partial charge in [0.05, 0.1) is 13.0 Å². The Labute approximate surface area is 157 Å². The summed E-state index contributed by atoms with van der Waals surface area (Å²) in [6, 6.07) is 24.6. The average Bonchev–Trinajstić information content (AvgIpc) is 2.73. The van der Waals surface area contributed by atoms with Gasteiger partial charge in [-0.25, -0.2) is 0 Å². The Bertz CT molecular complexity index is 932. The molecule has 0 unspecified atom stereocenters. The highest BCUT2D eigenvalue weighted by Gasteiger charge is 2.13. The topological polar surface area (TPSA) is 63.2 Å². The Morgan fingerprint density at radius 3 is 1.52 bits per heavy atom. The number of carbonyl (C=O) groups is 3. The molecule has 0 heterocycles. The molecule has 4 nitrogen and oxygen atoms in total. The van der Waals surface area contributed by atoms with Crippen LogP contribution in [-0.4, -0.2) is 23.9 Å². The van der Waals surface area contributed by atoms with Crippen molar-refractivity contribution in [2.24, 2.45) is 0 Å². The lowest BCUT2D eigenvalue weighted by atomic mass is 10.0. The van der Waals surface area contributed by atoms with Crippen LogP contribution < -0.4 is 5.32 Å². The van der Waals surface area contributed by atoms with E-state index < -0.39 is 0 Å². The number of ketones is 3. The second kappa shape index (κ2) is 8.72. The van der Waals surface area contributed by atoms with Gasteiger partial charge < -0.3 is 5.32 Å². The maximum Gasteiger partial charge on any atom is 0.181 e. The fraction of sp³-hybridized carbons (Fsp3) is 0.0870. The summed E-state index contributed by atoms with van der Waals surface area (Å²) < 4.78 is 0. The zero-order valence-corrected chi connectivity index (χ0v) is 14.7. The van der Waals surface area contributed by atoms with Crippen molar-refractivity contribution in [1.82, 2.24) is 0 Å². The van der Waals surface area contributed by atoms with Crippen LogP contribution in [0.1, 0.15) is 37.5 Å². The van der Waals surface area contributed by atoms with E-state index in [9.17, 15) is 14.4 Å². The van der Waals surface area contributed by atoms with Crippen LogP contribution in [0, 0.1) is 0 Å². The maximum atomic E-state index is 12.3. The fourth-order valence-corrected chi connectivity index (χ4v) is 2.66. The molecule has 0 aliphatic rings. The molecular formula is C23H19NO3. The summed E-state index contributed by atoms with van der Waals surface area (Å²) in [5, 5.41) is 3.05. The summed E-state index contributed by atoms with van der Waals surface area (Å²) in [6.45, 7) is 0.170. The van der Waals surface area contributed by atoms with Gasteiger partial charge in [-0.1, -0.05) is 60.7 Å². The zero-order chi connectivity index (χ0) is 19.1. The second-order valence-electron chi connectivity index (χ2n) is 6.11. The number of hydrogen-bond donors (Lipinski definition) is 1. The van der Waals surface area contributed by atoms with Crippen molar-refractivity contribution in [3.63, 3.8) is 0 Å². The van der Waals surface area contributed by atoms with Gasteiger partial charge in [-0.2, -0.15) is 0 Å². The molecule has 0 saturated heterocycles. The minimum atomic E-state index is -0.226. The van der Waals surface area contributed by atoms with Crippen molar-refractivity contribution in [3.8, 4) is 0 Å². The quantitative estimate of drug-likeness (QED) is 0.478. The van der Waals surface area contributed by atoms with Crippen molar-refractivity contribution in [2.75, 3.05) is 11.9 Å². The smallest absolute Gasteiger partial charge is 0.181 e. The monoisotopic (exact) mass is 357 g/mol. The third-order valence-corrected chi connectivity index (χ3v) is 4.17. The largest absolute Gasteiger partial charge is 0.378 e. The first-order chi connectivity index (χ1) is 13.1. The molecular weight excluding hydrogens is 338 g/mol. The highest BCUT2D eigenvalue weighted by atomic mass is 16.1. The van der Waals surface area contributed by atoms with Crippen molar-refractivity contribution in [1.29, 1.82) is 0 Å². The Hall–Kier alpha value is -3.53. The molecule has 0 amide bonds. The van der Waals surface area contributed by atoms with Crippen LogP contribution in [0.3, 0.4) is 0 Å². The lowest BCUT2D eigenvalue weighted by Gasteiger charge is -2.07. The Kier molecular flexibility index (Phi) is 5.90. The molecule has 0 bridgehead atoms. The number of hydrogen-bond acceptors (Lipinski definition) is 4. The molecule has 3 aromatic carbocycles. The highest BCUT2D eigenvalue weighted by molar-refractivity contribution is 6.13. The van der Waals surface area contributed by atoms with Gasteiger partial charge in [0.2, 0.25) is 0 Å². The normalized spacial score (nSPS) is 10.2. The number of Topliss-reactive ketones (excluding diaryl/α,β-unsaturated/α-hetero) is 3. The van der Waals surface area contributed by atoms with Crippen LogP contribution in [-0.2, 0) is 0 Å². The van der Waals surface area contributed by atoms with E-state index in [0.717, 1.165) is 5.69 Å². The van der Waals surface area contributed by atoms with E-state index in [4.69, 9.17) is 0 Å². The molecule has 0 radical (unpaired) electrons. The number of nitrogens with one attached hydrogen (secondary N) is 1. The van der Waals surface area contributed by atoms with Gasteiger partial charge >= 0.3 is 0 Å². The van der Waals surface area contributed by atoms with Crippen LogP contribution in [0.4, 0.5) is 5.69 Å². The van der Waals surface area contributed by atoms with Gasteiger partial charge in [-0.15, -0.1) is 0 Å². The zero-order valence-electron chi connectivity index (χ0n) is 14.7. The second-order valence-corrected chi connectivity index (χ2v) is 6.11.